The van der Waals surface area contributed by atoms with Crippen LogP contribution in [-0.4, -0.2) is 39.3 Å². The second-order valence-corrected chi connectivity index (χ2v) is 5.20. The summed E-state index contributed by atoms with van der Waals surface area (Å²) >= 11 is 0. The van der Waals surface area contributed by atoms with E-state index in [1.54, 1.807) is 0 Å². The summed E-state index contributed by atoms with van der Waals surface area (Å²) in [5, 5.41) is 10.1. The molecule has 3 rings (SSSR count). The molecule has 2 heterocycles. The molecule has 1 saturated heterocycles. The largest absolute Gasteiger partial charge is 0.337 e. The molecule has 0 spiro atoms. The lowest BCUT2D eigenvalue weighted by atomic mass is 9.75. The Morgan fingerprint density at radius 3 is 2.88 bits per heavy atom. The summed E-state index contributed by atoms with van der Waals surface area (Å²) in [6.07, 6.45) is 8.01. The molecule has 0 unspecified atom stereocenters. The van der Waals surface area contributed by atoms with Crippen molar-refractivity contribution in [1.29, 1.82) is 0 Å². The van der Waals surface area contributed by atoms with Gasteiger partial charge in [0.25, 0.3) is 5.91 Å². The van der Waals surface area contributed by atoms with Crippen molar-refractivity contribution in [3.63, 3.8) is 0 Å². The predicted molar refractivity (Wildman–Crippen MR) is 62.4 cm³/mol. The van der Waals surface area contributed by atoms with Crippen LogP contribution in [0.2, 0.25) is 0 Å². The number of carbonyl (C=O) groups is 1. The number of H-pyrrole nitrogens is 1. The number of aromatic amines is 1. The molecule has 0 aromatic carbocycles. The fourth-order valence-corrected chi connectivity index (χ4v) is 3.25. The molecule has 17 heavy (non-hydrogen) atoms. The molecule has 1 aromatic rings. The molecule has 0 radical (unpaired) electrons. The number of likely N-dealkylation sites (tertiary alicyclic amines) is 1. The minimum absolute atomic E-state index is 0.0303. The average molecular weight is 234 g/mol. The lowest BCUT2D eigenvalue weighted by molar-refractivity contribution is 0.0515. The molecular formula is C12H18N4O. The van der Waals surface area contributed by atoms with Crippen molar-refractivity contribution in [2.75, 3.05) is 13.1 Å². The maximum atomic E-state index is 12.1. The molecule has 1 amide bonds. The fourth-order valence-electron chi connectivity index (χ4n) is 3.25. The number of fused-ring (bicyclic) bond motifs is 1. The average Bonchev–Trinajstić information content (AvgIpc) is 2.91. The lowest BCUT2D eigenvalue weighted by Crippen LogP contribution is -2.44. The van der Waals surface area contributed by atoms with E-state index in [0.717, 1.165) is 25.4 Å². The number of carbonyl (C=O) groups excluding carboxylic acids is 1. The highest BCUT2D eigenvalue weighted by Gasteiger charge is 2.33. The Morgan fingerprint density at radius 1 is 1.29 bits per heavy atom. The van der Waals surface area contributed by atoms with E-state index in [9.17, 15) is 4.79 Å². The second kappa shape index (κ2) is 4.47. The first-order valence-corrected chi connectivity index (χ1v) is 6.49. The summed E-state index contributed by atoms with van der Waals surface area (Å²) in [6, 6.07) is 0. The summed E-state index contributed by atoms with van der Waals surface area (Å²) in [5.74, 6) is 1.60. The van der Waals surface area contributed by atoms with E-state index in [2.05, 4.69) is 15.4 Å². The normalized spacial score (nSPS) is 28.8. The van der Waals surface area contributed by atoms with Gasteiger partial charge in [-0.05, 0) is 24.7 Å². The predicted octanol–water partition coefficient (Wildman–Crippen LogP) is 1.46. The molecule has 2 atom stereocenters. The SMILES string of the molecule is O=C(c1cn[nH]n1)N1CC[C@@H]2CCCC[C@@H]2C1. The van der Waals surface area contributed by atoms with Crippen LogP contribution >= 0.6 is 0 Å². The number of nitrogens with zero attached hydrogens (tertiary/aromatic N) is 3. The highest BCUT2D eigenvalue weighted by atomic mass is 16.2. The Kier molecular flexibility index (Phi) is 2.82. The monoisotopic (exact) mass is 234 g/mol. The van der Waals surface area contributed by atoms with E-state index in [-0.39, 0.29) is 5.91 Å². The van der Waals surface area contributed by atoms with E-state index >= 15 is 0 Å². The number of hydrogen-bond donors (Lipinski definition) is 1. The van der Waals surface area contributed by atoms with Crippen molar-refractivity contribution < 1.29 is 4.79 Å². The van der Waals surface area contributed by atoms with E-state index in [1.165, 1.54) is 31.9 Å². The summed E-state index contributed by atoms with van der Waals surface area (Å²) in [4.78, 5) is 14.1. The first-order chi connectivity index (χ1) is 8.34. The van der Waals surface area contributed by atoms with Gasteiger partial charge in [0, 0.05) is 13.1 Å². The molecule has 1 saturated carbocycles. The van der Waals surface area contributed by atoms with Gasteiger partial charge in [0.1, 0.15) is 0 Å². The maximum Gasteiger partial charge on any atom is 0.276 e. The van der Waals surface area contributed by atoms with Crippen molar-refractivity contribution in [1.82, 2.24) is 20.3 Å². The maximum absolute atomic E-state index is 12.1. The minimum atomic E-state index is 0.0303. The second-order valence-electron chi connectivity index (χ2n) is 5.20. The van der Waals surface area contributed by atoms with Gasteiger partial charge in [-0.25, -0.2) is 0 Å². The zero-order valence-corrected chi connectivity index (χ0v) is 9.93. The third kappa shape index (κ3) is 2.06. The Hall–Kier alpha value is -1.39. The van der Waals surface area contributed by atoms with Gasteiger partial charge in [0.05, 0.1) is 6.20 Å². The number of nitrogens with one attached hydrogen (secondary N) is 1. The van der Waals surface area contributed by atoms with Gasteiger partial charge in [-0.3, -0.25) is 4.79 Å². The quantitative estimate of drug-likeness (QED) is 0.800. The Morgan fingerprint density at radius 2 is 2.12 bits per heavy atom. The van der Waals surface area contributed by atoms with Crippen molar-refractivity contribution in [3.05, 3.63) is 11.9 Å². The minimum Gasteiger partial charge on any atom is -0.337 e. The number of amides is 1. The molecule has 2 fully saturated rings. The van der Waals surface area contributed by atoms with Gasteiger partial charge in [-0.1, -0.05) is 19.3 Å². The van der Waals surface area contributed by atoms with Crippen LogP contribution in [0.5, 0.6) is 0 Å². The van der Waals surface area contributed by atoms with Crippen LogP contribution < -0.4 is 0 Å². The Balaban J connectivity index is 1.67. The summed E-state index contributed by atoms with van der Waals surface area (Å²) < 4.78 is 0. The standard InChI is InChI=1S/C12H18N4O/c17-12(11-7-13-15-14-11)16-6-5-9-3-1-2-4-10(9)8-16/h7,9-10H,1-6,8H2,(H,13,14,15)/t9-,10+/m0/s1. The molecule has 1 aliphatic heterocycles. The van der Waals surface area contributed by atoms with Crippen LogP contribution in [0.3, 0.4) is 0 Å². The molecular weight excluding hydrogens is 216 g/mol. The van der Waals surface area contributed by atoms with Crippen molar-refractivity contribution >= 4 is 5.91 Å². The topological polar surface area (TPSA) is 61.9 Å². The summed E-state index contributed by atoms with van der Waals surface area (Å²) in [5.41, 5.74) is 0.444. The van der Waals surface area contributed by atoms with E-state index in [0.29, 0.717) is 11.6 Å². The smallest absolute Gasteiger partial charge is 0.276 e. The van der Waals surface area contributed by atoms with Crippen LogP contribution in [-0.2, 0) is 0 Å². The van der Waals surface area contributed by atoms with Crippen LogP contribution in [0.15, 0.2) is 6.20 Å². The van der Waals surface area contributed by atoms with E-state index < -0.39 is 0 Å². The van der Waals surface area contributed by atoms with Crippen molar-refractivity contribution in [3.8, 4) is 0 Å². The number of aromatic nitrogens is 3. The molecule has 1 N–H and O–H groups in total. The van der Waals surface area contributed by atoms with Gasteiger partial charge in [-0.15, -0.1) is 0 Å². The molecule has 1 aromatic heterocycles. The molecule has 5 nitrogen and oxygen atoms in total. The van der Waals surface area contributed by atoms with Crippen LogP contribution in [0, 0.1) is 11.8 Å². The van der Waals surface area contributed by atoms with Gasteiger partial charge < -0.3 is 4.90 Å². The molecule has 2 aliphatic rings. The van der Waals surface area contributed by atoms with Crippen molar-refractivity contribution in [2.45, 2.75) is 32.1 Å². The van der Waals surface area contributed by atoms with E-state index in [1.807, 2.05) is 4.90 Å². The Labute approximate surface area is 101 Å². The summed E-state index contributed by atoms with van der Waals surface area (Å²) in [7, 11) is 0. The van der Waals surface area contributed by atoms with Gasteiger partial charge in [-0.2, -0.15) is 15.4 Å². The fraction of sp³-hybridized carbons (Fsp3) is 0.750. The molecule has 92 valence electrons. The summed E-state index contributed by atoms with van der Waals surface area (Å²) in [6.45, 7) is 1.79. The first kappa shape index (κ1) is 10.7. The number of hydrogen-bond acceptors (Lipinski definition) is 3. The number of rotatable bonds is 1. The third-order valence-corrected chi connectivity index (χ3v) is 4.21. The highest BCUT2D eigenvalue weighted by Crippen LogP contribution is 2.36. The lowest BCUT2D eigenvalue weighted by Gasteiger charge is -2.41. The van der Waals surface area contributed by atoms with Gasteiger partial charge in [0.2, 0.25) is 0 Å². The zero-order chi connectivity index (χ0) is 11.7. The van der Waals surface area contributed by atoms with E-state index in [4.69, 9.17) is 0 Å². The third-order valence-electron chi connectivity index (χ3n) is 4.21. The van der Waals surface area contributed by atoms with Crippen molar-refractivity contribution in [2.24, 2.45) is 11.8 Å². The van der Waals surface area contributed by atoms with Gasteiger partial charge in [0.15, 0.2) is 5.69 Å². The number of piperidine rings is 1. The Bertz CT molecular complexity index is 389. The van der Waals surface area contributed by atoms with Crippen LogP contribution in [0.4, 0.5) is 0 Å². The van der Waals surface area contributed by atoms with Gasteiger partial charge >= 0.3 is 0 Å². The first-order valence-electron chi connectivity index (χ1n) is 6.49. The molecule has 0 bridgehead atoms. The van der Waals surface area contributed by atoms with Crippen LogP contribution in [0.1, 0.15) is 42.6 Å². The molecule has 1 aliphatic carbocycles. The zero-order valence-electron chi connectivity index (χ0n) is 9.93. The van der Waals surface area contributed by atoms with Crippen LogP contribution in [0.25, 0.3) is 0 Å². The highest BCUT2D eigenvalue weighted by molar-refractivity contribution is 5.91. The molecule has 5 heteroatoms.